The summed E-state index contributed by atoms with van der Waals surface area (Å²) in [6, 6.07) is 15.1. The molecule has 2 aromatic carbocycles. The molecule has 5 heteroatoms. The summed E-state index contributed by atoms with van der Waals surface area (Å²) >= 11 is 4.42. The van der Waals surface area contributed by atoms with Crippen molar-refractivity contribution < 1.29 is 14.6 Å². The molecular formula is C17H18I2O3. The molecular weight excluding hydrogens is 506 g/mol. The lowest BCUT2D eigenvalue weighted by Crippen LogP contribution is -2.14. The van der Waals surface area contributed by atoms with E-state index in [2.05, 4.69) is 49.9 Å². The van der Waals surface area contributed by atoms with Gasteiger partial charge >= 0.3 is 5.97 Å². The van der Waals surface area contributed by atoms with Crippen LogP contribution in [0.15, 0.2) is 48.5 Å². The molecule has 3 nitrogen and oxygen atoms in total. The fourth-order valence-corrected chi connectivity index (χ4v) is 2.28. The van der Waals surface area contributed by atoms with Gasteiger partial charge in [-0.1, -0.05) is 12.1 Å². The number of methoxy groups -OCH3 is 1. The summed E-state index contributed by atoms with van der Waals surface area (Å²) in [4.78, 5) is 10.9. The Hall–Kier alpha value is -0.670. The van der Waals surface area contributed by atoms with Gasteiger partial charge in [-0.25, -0.2) is 4.79 Å². The Bertz CT molecular complexity index is 599. The third-order valence-electron chi connectivity index (χ3n) is 2.82. The lowest BCUT2D eigenvalue weighted by Gasteiger charge is -2.17. The van der Waals surface area contributed by atoms with Gasteiger partial charge in [0.05, 0.1) is 18.3 Å². The first-order valence-corrected chi connectivity index (χ1v) is 8.72. The van der Waals surface area contributed by atoms with E-state index in [1.165, 1.54) is 10.7 Å². The highest BCUT2D eigenvalue weighted by Crippen LogP contribution is 2.19. The van der Waals surface area contributed by atoms with Gasteiger partial charge in [0, 0.05) is 7.14 Å². The molecule has 0 aromatic heterocycles. The average molecular weight is 524 g/mol. The number of hydrogen-bond acceptors (Lipinski definition) is 3. The molecule has 0 amide bonds. The number of carbonyl (C=O) groups is 1. The molecule has 2 rings (SSSR count). The number of carbonyl (C=O) groups excluding carboxylic acids is 1. The van der Waals surface area contributed by atoms with Crippen molar-refractivity contribution in [2.24, 2.45) is 0 Å². The molecule has 0 spiro atoms. The SMILES string of the molecule is CC(C)(O)c1ccc(I)cc1.COC(=O)c1ccc(I)cc1. The van der Waals surface area contributed by atoms with Gasteiger partial charge in [-0.05, 0) is 101 Å². The predicted octanol–water partition coefficient (Wildman–Crippen LogP) is 4.60. The van der Waals surface area contributed by atoms with Crippen molar-refractivity contribution in [1.82, 2.24) is 0 Å². The summed E-state index contributed by atoms with van der Waals surface area (Å²) in [6.45, 7) is 3.57. The lowest BCUT2D eigenvalue weighted by molar-refractivity contribution is 0.0600. The Morgan fingerprint density at radius 2 is 1.36 bits per heavy atom. The highest BCUT2D eigenvalue weighted by molar-refractivity contribution is 14.1. The molecule has 0 saturated carbocycles. The van der Waals surface area contributed by atoms with Crippen LogP contribution in [-0.4, -0.2) is 18.2 Å². The second kappa shape index (κ2) is 8.83. The van der Waals surface area contributed by atoms with Crippen LogP contribution in [0.1, 0.15) is 29.8 Å². The highest BCUT2D eigenvalue weighted by Gasteiger charge is 2.14. The van der Waals surface area contributed by atoms with E-state index >= 15 is 0 Å². The van der Waals surface area contributed by atoms with Gasteiger partial charge in [-0.15, -0.1) is 0 Å². The van der Waals surface area contributed by atoms with Crippen LogP contribution in [0.4, 0.5) is 0 Å². The largest absolute Gasteiger partial charge is 0.465 e. The molecule has 0 radical (unpaired) electrons. The summed E-state index contributed by atoms with van der Waals surface area (Å²) < 4.78 is 6.83. The molecule has 0 heterocycles. The minimum atomic E-state index is -0.718. The van der Waals surface area contributed by atoms with Crippen LogP contribution in [0.5, 0.6) is 0 Å². The summed E-state index contributed by atoms with van der Waals surface area (Å²) in [5.41, 5.74) is 0.829. The molecule has 0 unspecified atom stereocenters. The number of hydrogen-bond donors (Lipinski definition) is 1. The zero-order valence-electron chi connectivity index (χ0n) is 12.6. The maximum absolute atomic E-state index is 10.9. The standard InChI is InChI=1S/C9H11IO.C8H7IO2/c1-9(2,11)7-3-5-8(10)6-4-7;1-11-8(10)6-2-4-7(9)5-3-6/h3-6,11H,1-2H3;2-5H,1H3. The molecule has 2 aromatic rings. The van der Waals surface area contributed by atoms with Gasteiger partial charge in [0.25, 0.3) is 0 Å². The Kier molecular flexibility index (Phi) is 7.78. The van der Waals surface area contributed by atoms with Crippen molar-refractivity contribution >= 4 is 51.2 Å². The van der Waals surface area contributed by atoms with Gasteiger partial charge in [-0.3, -0.25) is 0 Å². The average Bonchev–Trinajstić information content (AvgIpc) is 2.47. The Morgan fingerprint density at radius 3 is 1.73 bits per heavy atom. The van der Waals surface area contributed by atoms with Gasteiger partial charge in [0.2, 0.25) is 0 Å². The zero-order chi connectivity index (χ0) is 16.8. The summed E-state index contributed by atoms with van der Waals surface area (Å²) in [5, 5.41) is 9.58. The first kappa shape index (κ1) is 19.4. The maximum Gasteiger partial charge on any atom is 0.337 e. The van der Waals surface area contributed by atoms with Gasteiger partial charge < -0.3 is 9.84 Å². The molecule has 0 aliphatic carbocycles. The number of benzene rings is 2. The van der Waals surface area contributed by atoms with Crippen molar-refractivity contribution in [3.8, 4) is 0 Å². The predicted molar refractivity (Wildman–Crippen MR) is 105 cm³/mol. The van der Waals surface area contributed by atoms with Crippen LogP contribution in [0.3, 0.4) is 0 Å². The van der Waals surface area contributed by atoms with E-state index in [-0.39, 0.29) is 5.97 Å². The molecule has 0 saturated heterocycles. The summed E-state index contributed by atoms with van der Waals surface area (Å²) in [6.07, 6.45) is 0. The summed E-state index contributed by atoms with van der Waals surface area (Å²) in [7, 11) is 1.38. The number of ether oxygens (including phenoxy) is 1. The van der Waals surface area contributed by atoms with E-state index in [0.29, 0.717) is 5.56 Å². The molecule has 0 aliphatic heterocycles. The van der Waals surface area contributed by atoms with Gasteiger partial charge in [-0.2, -0.15) is 0 Å². The minimum absolute atomic E-state index is 0.290. The second-order valence-corrected chi connectivity index (χ2v) is 7.56. The quantitative estimate of drug-likeness (QED) is 0.462. The van der Waals surface area contributed by atoms with Crippen LogP contribution < -0.4 is 0 Å². The van der Waals surface area contributed by atoms with Crippen molar-refractivity contribution in [2.75, 3.05) is 7.11 Å². The highest BCUT2D eigenvalue weighted by atomic mass is 127. The monoisotopic (exact) mass is 524 g/mol. The molecule has 0 bridgehead atoms. The molecule has 0 aliphatic rings. The van der Waals surface area contributed by atoms with Crippen molar-refractivity contribution in [1.29, 1.82) is 0 Å². The van der Waals surface area contributed by atoms with E-state index < -0.39 is 5.60 Å². The van der Waals surface area contributed by atoms with Gasteiger partial charge in [0.15, 0.2) is 0 Å². The number of aliphatic hydroxyl groups is 1. The van der Waals surface area contributed by atoms with Gasteiger partial charge in [0.1, 0.15) is 0 Å². The normalized spacial score (nSPS) is 10.5. The van der Waals surface area contributed by atoms with Crippen molar-refractivity contribution in [3.63, 3.8) is 0 Å². The van der Waals surface area contributed by atoms with Crippen LogP contribution in [0, 0.1) is 7.14 Å². The van der Waals surface area contributed by atoms with E-state index in [9.17, 15) is 9.90 Å². The fourth-order valence-electron chi connectivity index (χ4n) is 1.56. The zero-order valence-corrected chi connectivity index (χ0v) is 17.0. The van der Waals surface area contributed by atoms with Crippen LogP contribution in [0.2, 0.25) is 0 Å². The van der Waals surface area contributed by atoms with E-state index in [0.717, 1.165) is 9.13 Å². The smallest absolute Gasteiger partial charge is 0.337 e. The third-order valence-corrected chi connectivity index (χ3v) is 4.25. The maximum atomic E-state index is 10.9. The number of esters is 1. The first-order valence-electron chi connectivity index (χ1n) is 6.56. The number of halogens is 2. The first-order chi connectivity index (χ1) is 10.2. The van der Waals surface area contributed by atoms with Crippen molar-refractivity contribution in [2.45, 2.75) is 19.4 Å². The number of rotatable bonds is 2. The molecule has 1 N–H and O–H groups in total. The molecule has 0 fully saturated rings. The minimum Gasteiger partial charge on any atom is -0.465 e. The molecule has 118 valence electrons. The lowest BCUT2D eigenvalue weighted by atomic mass is 9.99. The van der Waals surface area contributed by atoms with Crippen LogP contribution in [-0.2, 0) is 10.3 Å². The summed E-state index contributed by atoms with van der Waals surface area (Å²) in [5.74, 6) is -0.290. The topological polar surface area (TPSA) is 46.5 Å². The van der Waals surface area contributed by atoms with E-state index in [1.54, 1.807) is 26.0 Å². The Balaban J connectivity index is 0.000000220. The fraction of sp³-hybridized carbons (Fsp3) is 0.235. The third kappa shape index (κ3) is 6.62. The Morgan fingerprint density at radius 1 is 0.955 bits per heavy atom. The van der Waals surface area contributed by atoms with Crippen LogP contribution in [0.25, 0.3) is 0 Å². The van der Waals surface area contributed by atoms with Crippen LogP contribution >= 0.6 is 45.2 Å². The van der Waals surface area contributed by atoms with E-state index in [1.807, 2.05) is 36.4 Å². The molecule has 0 atom stereocenters. The Labute approximate surface area is 158 Å². The second-order valence-electron chi connectivity index (χ2n) is 5.06. The van der Waals surface area contributed by atoms with E-state index in [4.69, 9.17) is 0 Å². The molecule has 22 heavy (non-hydrogen) atoms. The van der Waals surface area contributed by atoms with Crippen molar-refractivity contribution in [3.05, 3.63) is 66.8 Å².